The molecule has 0 bridgehead atoms. The van der Waals surface area contributed by atoms with Gasteiger partial charge in [0, 0.05) is 19.3 Å². The van der Waals surface area contributed by atoms with Gasteiger partial charge < -0.3 is 14.2 Å². The monoisotopic (exact) mass is 879 g/mol. The maximum Gasteiger partial charge on any atom is 0.306 e. The highest BCUT2D eigenvalue weighted by Gasteiger charge is 2.19. The summed E-state index contributed by atoms with van der Waals surface area (Å²) in [6, 6.07) is 0. The molecule has 0 aromatic carbocycles. The lowest BCUT2D eigenvalue weighted by molar-refractivity contribution is -0.167. The van der Waals surface area contributed by atoms with E-state index in [9.17, 15) is 14.4 Å². The first kappa shape index (κ1) is 59.9. The summed E-state index contributed by atoms with van der Waals surface area (Å²) in [4.78, 5) is 38.0. The van der Waals surface area contributed by atoms with E-state index in [0.29, 0.717) is 19.3 Å². The summed E-state index contributed by atoms with van der Waals surface area (Å²) in [5.41, 5.74) is 0. The molecule has 0 saturated heterocycles. The third kappa shape index (κ3) is 49.7. The third-order valence-electron chi connectivity index (χ3n) is 11.3. The van der Waals surface area contributed by atoms with E-state index in [4.69, 9.17) is 14.2 Å². The number of ether oxygens (including phenoxy) is 3. The van der Waals surface area contributed by atoms with Crippen LogP contribution in [-0.2, 0) is 28.6 Å². The van der Waals surface area contributed by atoms with Gasteiger partial charge in [0.25, 0.3) is 0 Å². The molecule has 0 radical (unpaired) electrons. The normalized spacial score (nSPS) is 12.6. The summed E-state index contributed by atoms with van der Waals surface area (Å²) < 4.78 is 16.8. The zero-order valence-corrected chi connectivity index (χ0v) is 41.3. The lowest BCUT2D eigenvalue weighted by atomic mass is 10.0. The Bertz CT molecular complexity index is 1190. The van der Waals surface area contributed by atoms with Crippen molar-refractivity contribution in [3.63, 3.8) is 0 Å². The number of allylic oxidation sites excluding steroid dienone is 12. The van der Waals surface area contributed by atoms with Crippen LogP contribution in [0.5, 0.6) is 0 Å². The molecule has 6 heteroatoms. The summed E-state index contributed by atoms with van der Waals surface area (Å²) >= 11 is 0. The molecule has 0 aromatic heterocycles. The molecular formula is C57H98O6. The van der Waals surface area contributed by atoms with E-state index < -0.39 is 6.10 Å². The van der Waals surface area contributed by atoms with E-state index in [2.05, 4.69) is 93.7 Å². The highest BCUT2D eigenvalue weighted by atomic mass is 16.6. The number of carbonyl (C=O) groups excluding carboxylic acids is 3. The molecule has 0 amide bonds. The highest BCUT2D eigenvalue weighted by Crippen LogP contribution is 2.16. The van der Waals surface area contributed by atoms with Gasteiger partial charge >= 0.3 is 17.9 Å². The molecule has 0 aliphatic heterocycles. The molecule has 0 aliphatic carbocycles. The third-order valence-corrected chi connectivity index (χ3v) is 11.3. The quantitative estimate of drug-likeness (QED) is 0.0262. The first-order valence-corrected chi connectivity index (χ1v) is 26.5. The molecule has 0 spiro atoms. The van der Waals surface area contributed by atoms with Crippen LogP contribution in [0.4, 0.5) is 0 Å². The molecule has 0 heterocycles. The second-order valence-electron chi connectivity index (χ2n) is 17.5. The van der Waals surface area contributed by atoms with E-state index in [1.54, 1.807) is 0 Å². The summed E-state index contributed by atoms with van der Waals surface area (Å²) in [6.45, 7) is 6.35. The fourth-order valence-electron chi connectivity index (χ4n) is 7.38. The zero-order valence-electron chi connectivity index (χ0n) is 41.3. The Morgan fingerprint density at radius 2 is 0.619 bits per heavy atom. The van der Waals surface area contributed by atoms with Gasteiger partial charge in [0.05, 0.1) is 0 Å². The molecule has 1 unspecified atom stereocenters. The van der Waals surface area contributed by atoms with Crippen LogP contribution in [0.25, 0.3) is 0 Å². The first-order chi connectivity index (χ1) is 31.0. The van der Waals surface area contributed by atoms with Gasteiger partial charge in [0.15, 0.2) is 6.10 Å². The van der Waals surface area contributed by atoms with Crippen LogP contribution in [0.1, 0.15) is 252 Å². The number of hydrogen-bond acceptors (Lipinski definition) is 6. The van der Waals surface area contributed by atoms with Gasteiger partial charge in [-0.2, -0.15) is 0 Å². The molecule has 0 aliphatic rings. The van der Waals surface area contributed by atoms with Crippen molar-refractivity contribution in [2.75, 3.05) is 13.2 Å². The van der Waals surface area contributed by atoms with Crippen LogP contribution in [0.2, 0.25) is 0 Å². The SMILES string of the molecule is CC\C=C/C=C\C=C/CCCCCCCC(=O)OCC(COC(=O)CCCCCCCCCCCCCCCCCCCCC)OC(=O)CCCCCCC\C=C/C=C\C=C/CC. The van der Waals surface area contributed by atoms with Gasteiger partial charge in [-0.3, -0.25) is 14.4 Å². The predicted octanol–water partition coefficient (Wildman–Crippen LogP) is 17.4. The van der Waals surface area contributed by atoms with Crippen LogP contribution in [-0.4, -0.2) is 37.2 Å². The number of esters is 3. The van der Waals surface area contributed by atoms with Gasteiger partial charge in [0.1, 0.15) is 13.2 Å². The number of rotatable bonds is 47. The van der Waals surface area contributed by atoms with Crippen molar-refractivity contribution in [1.82, 2.24) is 0 Å². The molecular weight excluding hydrogens is 781 g/mol. The summed E-state index contributed by atoms with van der Waals surface area (Å²) in [5.74, 6) is -0.927. The van der Waals surface area contributed by atoms with Crippen molar-refractivity contribution in [1.29, 1.82) is 0 Å². The van der Waals surface area contributed by atoms with Crippen molar-refractivity contribution < 1.29 is 28.6 Å². The average Bonchev–Trinajstić information content (AvgIpc) is 3.28. The maximum absolute atomic E-state index is 12.8. The minimum Gasteiger partial charge on any atom is -0.462 e. The summed E-state index contributed by atoms with van der Waals surface area (Å²) in [6.07, 6.45) is 64.7. The van der Waals surface area contributed by atoms with Gasteiger partial charge in [-0.15, -0.1) is 0 Å². The van der Waals surface area contributed by atoms with Crippen molar-refractivity contribution in [2.24, 2.45) is 0 Å². The Labute approximate surface area is 389 Å². The number of hydrogen-bond donors (Lipinski definition) is 0. The summed E-state index contributed by atoms with van der Waals surface area (Å²) in [5, 5.41) is 0. The molecule has 63 heavy (non-hydrogen) atoms. The van der Waals surface area contributed by atoms with Crippen molar-refractivity contribution in [3.05, 3.63) is 72.9 Å². The van der Waals surface area contributed by atoms with Crippen LogP contribution in [0.3, 0.4) is 0 Å². The molecule has 362 valence electrons. The Morgan fingerprint density at radius 3 is 0.952 bits per heavy atom. The highest BCUT2D eigenvalue weighted by molar-refractivity contribution is 5.71. The second-order valence-corrected chi connectivity index (χ2v) is 17.5. The van der Waals surface area contributed by atoms with Crippen molar-refractivity contribution >= 4 is 17.9 Å². The molecule has 0 saturated carbocycles. The van der Waals surface area contributed by atoms with E-state index >= 15 is 0 Å². The number of unbranched alkanes of at least 4 members (excludes halogenated alkanes) is 28. The van der Waals surface area contributed by atoms with E-state index in [1.807, 2.05) is 0 Å². The topological polar surface area (TPSA) is 78.9 Å². The number of carbonyl (C=O) groups is 3. The molecule has 0 fully saturated rings. The Balaban J connectivity index is 4.35. The molecule has 1 atom stereocenters. The fourth-order valence-corrected chi connectivity index (χ4v) is 7.38. The Kier molecular flexibility index (Phi) is 48.9. The fraction of sp³-hybridized carbons (Fsp3) is 0.737. The van der Waals surface area contributed by atoms with Gasteiger partial charge in [-0.25, -0.2) is 0 Å². The first-order valence-electron chi connectivity index (χ1n) is 26.5. The van der Waals surface area contributed by atoms with Crippen LogP contribution < -0.4 is 0 Å². The van der Waals surface area contributed by atoms with Gasteiger partial charge in [-0.1, -0.05) is 248 Å². The Hall–Kier alpha value is -3.15. The van der Waals surface area contributed by atoms with E-state index in [-0.39, 0.29) is 31.1 Å². The summed E-state index contributed by atoms with van der Waals surface area (Å²) in [7, 11) is 0. The molecule has 0 aromatic rings. The molecule has 0 N–H and O–H groups in total. The van der Waals surface area contributed by atoms with Crippen LogP contribution in [0, 0.1) is 0 Å². The van der Waals surface area contributed by atoms with E-state index in [0.717, 1.165) is 109 Å². The van der Waals surface area contributed by atoms with Crippen molar-refractivity contribution in [2.45, 2.75) is 258 Å². The second kappa shape index (κ2) is 51.5. The lowest BCUT2D eigenvalue weighted by Crippen LogP contribution is -2.30. The standard InChI is InChI=1S/C57H98O6/c1-4-7-10-13-16-19-22-25-26-27-28-29-30-33-35-38-41-44-47-50-56(59)62-53-54(63-57(60)51-48-45-42-39-36-32-24-21-18-15-12-9-6-3)52-61-55(58)49-46-43-40-37-34-31-23-20-17-14-11-8-5-2/h8-9,11-12,14-15,17-18,20-21,23-24,54H,4-7,10,13,16,19,22,25-53H2,1-3H3/b11-8-,12-9-,17-14-,18-15-,23-20-,24-21-. The minimum absolute atomic E-state index is 0.0890. The molecule has 0 rings (SSSR count). The smallest absolute Gasteiger partial charge is 0.306 e. The Morgan fingerprint density at radius 1 is 0.333 bits per heavy atom. The largest absolute Gasteiger partial charge is 0.462 e. The van der Waals surface area contributed by atoms with Crippen LogP contribution >= 0.6 is 0 Å². The van der Waals surface area contributed by atoms with Gasteiger partial charge in [-0.05, 0) is 57.8 Å². The van der Waals surface area contributed by atoms with Crippen LogP contribution in [0.15, 0.2) is 72.9 Å². The van der Waals surface area contributed by atoms with Gasteiger partial charge in [0.2, 0.25) is 0 Å². The lowest BCUT2D eigenvalue weighted by Gasteiger charge is -2.18. The van der Waals surface area contributed by atoms with Crippen molar-refractivity contribution in [3.8, 4) is 0 Å². The van der Waals surface area contributed by atoms with E-state index in [1.165, 1.54) is 103 Å². The molecule has 6 nitrogen and oxygen atoms in total. The minimum atomic E-state index is -0.792. The zero-order chi connectivity index (χ0) is 45.8. The maximum atomic E-state index is 12.8. The predicted molar refractivity (Wildman–Crippen MR) is 270 cm³/mol. The average molecular weight is 879 g/mol.